The lowest BCUT2D eigenvalue weighted by atomic mass is 9.65. The van der Waals surface area contributed by atoms with Gasteiger partial charge < -0.3 is 5.32 Å². The minimum atomic E-state index is -2.30. The highest BCUT2D eigenvalue weighted by molar-refractivity contribution is 9.10. The molecule has 2 heterocycles. The molecule has 5 nitrogen and oxygen atoms in total. The first kappa shape index (κ1) is 20.7. The van der Waals surface area contributed by atoms with Crippen LogP contribution in [0.1, 0.15) is 36.8 Å². The Kier molecular flexibility index (Phi) is 5.68. The summed E-state index contributed by atoms with van der Waals surface area (Å²) >= 11 is 3.51. The molecule has 3 amide bonds. The second-order valence-corrected chi connectivity index (χ2v) is 9.43. The number of hydrogen-bond acceptors (Lipinski definition) is 3. The summed E-state index contributed by atoms with van der Waals surface area (Å²) in [5.74, 6) is 0.175. The third kappa shape index (κ3) is 3.69. The molecule has 2 aliphatic heterocycles. The molecule has 4 rings (SSSR count). The van der Waals surface area contributed by atoms with Gasteiger partial charge in [0.1, 0.15) is 5.54 Å². The van der Waals surface area contributed by atoms with Gasteiger partial charge in [0.25, 0.3) is 12.3 Å². The van der Waals surface area contributed by atoms with E-state index < -0.39 is 12.0 Å². The molecule has 0 saturated carbocycles. The Morgan fingerprint density at radius 2 is 1.97 bits per heavy atom. The van der Waals surface area contributed by atoms with Crippen LogP contribution in [-0.2, 0) is 16.8 Å². The maximum absolute atomic E-state index is 13.3. The summed E-state index contributed by atoms with van der Waals surface area (Å²) in [6, 6.07) is 5.60. The Hall–Kier alpha value is -1.54. The van der Waals surface area contributed by atoms with E-state index in [1.54, 1.807) is 0 Å². The fourth-order valence-corrected chi connectivity index (χ4v) is 5.68. The van der Waals surface area contributed by atoms with Gasteiger partial charge in [-0.2, -0.15) is 0 Å². The first-order valence-corrected chi connectivity index (χ1v) is 11.0. The zero-order valence-electron chi connectivity index (χ0n) is 16.5. The molecule has 0 radical (unpaired) electrons. The van der Waals surface area contributed by atoms with Crippen LogP contribution in [0.2, 0.25) is 0 Å². The maximum atomic E-state index is 13.3. The number of likely N-dealkylation sites (N-methyl/N-ethyl adjacent to an activating group) is 1. The minimum Gasteiger partial charge on any atom is -0.319 e. The summed E-state index contributed by atoms with van der Waals surface area (Å²) in [6.45, 7) is 1.16. The SMILES string of the molecule is CN1C(=O)NC2(C1=O)c1cc(Br)ccc1CCC2CC1CCN(CC(F)F)CC1. The van der Waals surface area contributed by atoms with Crippen molar-refractivity contribution >= 4 is 27.9 Å². The zero-order valence-corrected chi connectivity index (χ0v) is 18.1. The number of urea groups is 1. The Bertz CT molecular complexity index is 813. The van der Waals surface area contributed by atoms with Crippen LogP contribution < -0.4 is 5.32 Å². The van der Waals surface area contributed by atoms with E-state index in [0.717, 1.165) is 47.7 Å². The van der Waals surface area contributed by atoms with Crippen molar-refractivity contribution in [2.75, 3.05) is 26.7 Å². The maximum Gasteiger partial charge on any atom is 0.325 e. The molecule has 1 aliphatic carbocycles. The number of nitrogens with one attached hydrogen (secondary N) is 1. The fraction of sp³-hybridized carbons (Fsp3) is 0.619. The van der Waals surface area contributed by atoms with Crippen molar-refractivity contribution < 1.29 is 18.4 Å². The monoisotopic (exact) mass is 469 g/mol. The highest BCUT2D eigenvalue weighted by Gasteiger charge is 2.58. The van der Waals surface area contributed by atoms with E-state index in [1.807, 2.05) is 23.1 Å². The summed E-state index contributed by atoms with van der Waals surface area (Å²) in [5.41, 5.74) is 0.963. The first-order chi connectivity index (χ1) is 13.8. The molecule has 3 aliphatic rings. The number of amides is 3. The topological polar surface area (TPSA) is 52.7 Å². The van der Waals surface area contributed by atoms with E-state index in [-0.39, 0.29) is 24.4 Å². The minimum absolute atomic E-state index is 0.00245. The quantitative estimate of drug-likeness (QED) is 0.683. The fourth-order valence-electron chi connectivity index (χ4n) is 5.32. The van der Waals surface area contributed by atoms with Gasteiger partial charge in [0.15, 0.2) is 0 Å². The molecule has 2 saturated heterocycles. The van der Waals surface area contributed by atoms with E-state index in [1.165, 1.54) is 11.9 Å². The van der Waals surface area contributed by atoms with Crippen molar-refractivity contribution in [1.29, 1.82) is 0 Å². The van der Waals surface area contributed by atoms with Crippen molar-refractivity contribution in [1.82, 2.24) is 15.1 Å². The summed E-state index contributed by atoms with van der Waals surface area (Å²) < 4.78 is 26.2. The van der Waals surface area contributed by atoms with Crippen molar-refractivity contribution in [2.45, 2.75) is 44.1 Å². The number of nitrogens with zero attached hydrogens (tertiary/aromatic N) is 2. The number of carbonyl (C=O) groups is 2. The number of benzene rings is 1. The van der Waals surface area contributed by atoms with E-state index in [0.29, 0.717) is 19.0 Å². The van der Waals surface area contributed by atoms with E-state index in [4.69, 9.17) is 0 Å². The molecule has 8 heteroatoms. The van der Waals surface area contributed by atoms with Gasteiger partial charge in [0.05, 0.1) is 6.54 Å². The van der Waals surface area contributed by atoms with Gasteiger partial charge in [0, 0.05) is 11.5 Å². The van der Waals surface area contributed by atoms with Crippen molar-refractivity contribution in [2.24, 2.45) is 11.8 Å². The molecule has 1 aromatic carbocycles. The van der Waals surface area contributed by atoms with Gasteiger partial charge >= 0.3 is 6.03 Å². The Morgan fingerprint density at radius 1 is 1.24 bits per heavy atom. The number of likely N-dealkylation sites (tertiary alicyclic amines) is 1. The third-order valence-corrected chi connectivity index (χ3v) is 7.34. The molecule has 1 aromatic rings. The van der Waals surface area contributed by atoms with Crippen LogP contribution in [0.15, 0.2) is 22.7 Å². The summed E-state index contributed by atoms with van der Waals surface area (Å²) in [6.07, 6.45) is 1.90. The molecular formula is C21H26BrF2N3O2. The van der Waals surface area contributed by atoms with Gasteiger partial charge in [0.2, 0.25) is 0 Å². The number of aryl methyl sites for hydroxylation is 1. The second-order valence-electron chi connectivity index (χ2n) is 8.51. The molecule has 2 fully saturated rings. The van der Waals surface area contributed by atoms with Gasteiger partial charge in [-0.1, -0.05) is 22.0 Å². The molecule has 29 heavy (non-hydrogen) atoms. The Balaban J connectivity index is 1.59. The van der Waals surface area contributed by atoms with Crippen LogP contribution in [0.5, 0.6) is 0 Å². The van der Waals surface area contributed by atoms with Crippen LogP contribution in [0.3, 0.4) is 0 Å². The number of rotatable bonds is 4. The lowest BCUT2D eigenvalue weighted by Crippen LogP contribution is -2.53. The molecule has 0 bridgehead atoms. The predicted molar refractivity (Wildman–Crippen MR) is 109 cm³/mol. The summed E-state index contributed by atoms with van der Waals surface area (Å²) in [7, 11) is 1.53. The van der Waals surface area contributed by atoms with E-state index >= 15 is 0 Å². The largest absolute Gasteiger partial charge is 0.325 e. The second kappa shape index (κ2) is 7.95. The number of hydrogen-bond donors (Lipinski definition) is 1. The third-order valence-electron chi connectivity index (χ3n) is 6.84. The van der Waals surface area contributed by atoms with Crippen molar-refractivity contribution in [3.8, 4) is 0 Å². The summed E-state index contributed by atoms with van der Waals surface area (Å²) in [5, 5.41) is 3.03. The first-order valence-electron chi connectivity index (χ1n) is 10.2. The van der Waals surface area contributed by atoms with E-state index in [2.05, 4.69) is 21.2 Å². The van der Waals surface area contributed by atoms with E-state index in [9.17, 15) is 18.4 Å². The average molecular weight is 470 g/mol. The Morgan fingerprint density at radius 3 is 2.59 bits per heavy atom. The van der Waals surface area contributed by atoms with Crippen molar-refractivity contribution in [3.63, 3.8) is 0 Å². The number of piperidine rings is 1. The van der Waals surface area contributed by atoms with Gasteiger partial charge in [-0.05, 0) is 80.3 Å². The molecule has 158 valence electrons. The molecule has 1 N–H and O–H groups in total. The van der Waals surface area contributed by atoms with Crippen LogP contribution in [0, 0.1) is 11.8 Å². The molecular weight excluding hydrogens is 444 g/mol. The Labute approximate surface area is 177 Å². The highest BCUT2D eigenvalue weighted by atomic mass is 79.9. The smallest absolute Gasteiger partial charge is 0.319 e. The molecule has 2 unspecified atom stereocenters. The molecule has 1 spiro atoms. The zero-order chi connectivity index (χ0) is 20.8. The van der Waals surface area contributed by atoms with Gasteiger partial charge in [-0.15, -0.1) is 0 Å². The van der Waals surface area contributed by atoms with Crippen LogP contribution >= 0.6 is 15.9 Å². The number of fused-ring (bicyclic) bond motifs is 2. The highest BCUT2D eigenvalue weighted by Crippen LogP contribution is 2.47. The lowest BCUT2D eigenvalue weighted by Gasteiger charge is -2.43. The molecule has 0 aromatic heterocycles. The normalized spacial score (nSPS) is 28.3. The molecule has 2 atom stereocenters. The summed E-state index contributed by atoms with van der Waals surface area (Å²) in [4.78, 5) is 28.8. The number of imide groups is 1. The predicted octanol–water partition coefficient (Wildman–Crippen LogP) is 3.76. The number of alkyl halides is 2. The van der Waals surface area contributed by atoms with Crippen LogP contribution in [0.25, 0.3) is 0 Å². The van der Waals surface area contributed by atoms with Gasteiger partial charge in [-0.3, -0.25) is 14.6 Å². The average Bonchev–Trinajstić information content (AvgIpc) is 2.90. The van der Waals surface area contributed by atoms with Crippen LogP contribution in [0.4, 0.5) is 13.6 Å². The number of carbonyl (C=O) groups excluding carboxylic acids is 2. The standard InChI is InChI=1S/C21H26BrF2N3O2/c1-26-19(28)21(25-20(26)29)15(4-2-14-3-5-16(22)11-17(14)21)10-13-6-8-27(9-7-13)12-18(23)24/h3,5,11,13,15,18H,2,4,6-10,12H2,1H3,(H,25,29). The lowest BCUT2D eigenvalue weighted by molar-refractivity contribution is -0.133. The number of halogens is 3. The van der Waals surface area contributed by atoms with Gasteiger partial charge in [-0.25, -0.2) is 13.6 Å². The van der Waals surface area contributed by atoms with Crippen LogP contribution in [-0.4, -0.2) is 54.8 Å². The van der Waals surface area contributed by atoms with Crippen molar-refractivity contribution in [3.05, 3.63) is 33.8 Å².